The Morgan fingerprint density at radius 3 is 1.83 bits per heavy atom. The molecule has 0 radical (unpaired) electrons. The molecule has 8 rings (SSSR count). The maximum absolute atomic E-state index is 13.4. The van der Waals surface area contributed by atoms with Crippen molar-refractivity contribution < 1.29 is 23.5 Å². The minimum absolute atomic E-state index is 0.121. The summed E-state index contributed by atoms with van der Waals surface area (Å²) in [6.07, 6.45) is 4.82. The van der Waals surface area contributed by atoms with Gasteiger partial charge in [-0.2, -0.15) is 0 Å². The van der Waals surface area contributed by atoms with Gasteiger partial charge in [-0.05, 0) is 85.6 Å². The molecule has 14 heteroatoms. The predicted molar refractivity (Wildman–Crippen MR) is 243 cm³/mol. The number of anilines is 2. The van der Waals surface area contributed by atoms with Crippen LogP contribution in [0.25, 0.3) is 0 Å². The Morgan fingerprint density at radius 1 is 0.683 bits per heavy atom. The number of ether oxygens (including phenoxy) is 2. The van der Waals surface area contributed by atoms with E-state index in [-0.39, 0.29) is 23.4 Å². The highest BCUT2D eigenvalue weighted by atomic mass is 19.1. The number of rotatable bonds is 12. The minimum atomic E-state index is -0.399. The number of pyridine rings is 3. The Bertz CT molecular complexity index is 2410. The summed E-state index contributed by atoms with van der Waals surface area (Å²) in [5.41, 5.74) is 4.84. The van der Waals surface area contributed by atoms with E-state index in [9.17, 15) is 14.0 Å². The maximum Gasteiger partial charge on any atom is 0.276 e. The lowest BCUT2D eigenvalue weighted by Crippen LogP contribution is -2.48. The first-order valence-electron chi connectivity index (χ1n) is 21.2. The van der Waals surface area contributed by atoms with Crippen LogP contribution in [0.3, 0.4) is 0 Å². The van der Waals surface area contributed by atoms with Gasteiger partial charge in [-0.15, -0.1) is 0 Å². The number of nitrogens with zero attached hydrogens (tertiary/aromatic N) is 7. The standard InChI is InChI=1S/C25H27FN4O2.C24H27N5O2/c1-18-16-30(14-13-27-18)17-19-9-11-21(12-10-19)29(2)25(31)23-7-4-8-24(28-23)32-22-6-3-5-20(26)15-22;1-18-16-29(13-12-26-18)17-19-5-8-21(9-6-19)28(2)24(30)20-7-10-23(27-14-20)31-22-4-3-11-25-15-22/h3-12,15,18,27H,13-14,16-17H2,1-2H3;3-11,14-15,18,26H,12-13,16-17H2,1-2H3/t2*18-/m00/s1. The quantitative estimate of drug-likeness (QED) is 0.128. The Morgan fingerprint density at radius 2 is 1.27 bits per heavy atom. The molecule has 0 spiro atoms. The fraction of sp³-hybridized carbons (Fsp3) is 0.286. The number of amides is 2. The van der Waals surface area contributed by atoms with Gasteiger partial charge < -0.3 is 29.9 Å². The fourth-order valence-electron chi connectivity index (χ4n) is 7.42. The Balaban J connectivity index is 0.000000189. The van der Waals surface area contributed by atoms with Crippen LogP contribution < -0.4 is 29.9 Å². The summed E-state index contributed by atoms with van der Waals surface area (Å²) in [5, 5.41) is 6.92. The second-order valence-electron chi connectivity index (χ2n) is 15.8. The monoisotopic (exact) mass is 851 g/mol. The summed E-state index contributed by atoms with van der Waals surface area (Å²) in [7, 11) is 3.49. The first-order chi connectivity index (χ1) is 30.6. The summed E-state index contributed by atoms with van der Waals surface area (Å²) < 4.78 is 24.6. The summed E-state index contributed by atoms with van der Waals surface area (Å²) >= 11 is 0. The van der Waals surface area contributed by atoms with Gasteiger partial charge in [0.1, 0.15) is 23.0 Å². The number of nitrogens with one attached hydrogen (secondary N) is 2. The normalized spacial score (nSPS) is 16.6. The van der Waals surface area contributed by atoms with Crippen molar-refractivity contribution in [3.63, 3.8) is 0 Å². The number of hydrogen-bond acceptors (Lipinski definition) is 11. The summed E-state index contributed by atoms with van der Waals surface area (Å²) in [4.78, 5) is 46.5. The lowest BCUT2D eigenvalue weighted by molar-refractivity contribution is 0.0982. The third kappa shape index (κ3) is 12.7. The van der Waals surface area contributed by atoms with E-state index in [4.69, 9.17) is 9.47 Å². The predicted octanol–water partition coefficient (Wildman–Crippen LogP) is 7.42. The van der Waals surface area contributed by atoms with E-state index in [0.29, 0.717) is 35.0 Å². The second-order valence-corrected chi connectivity index (χ2v) is 15.8. The molecule has 3 aromatic carbocycles. The topological polar surface area (TPSA) is 128 Å². The highest BCUT2D eigenvalue weighted by molar-refractivity contribution is 6.05. The molecule has 2 saturated heterocycles. The highest BCUT2D eigenvalue weighted by Gasteiger charge is 2.20. The zero-order valence-corrected chi connectivity index (χ0v) is 36.2. The highest BCUT2D eigenvalue weighted by Crippen LogP contribution is 2.24. The average molecular weight is 852 g/mol. The number of hydrogen-bond donors (Lipinski definition) is 2. The van der Waals surface area contributed by atoms with Gasteiger partial charge in [0.2, 0.25) is 11.8 Å². The largest absolute Gasteiger partial charge is 0.439 e. The van der Waals surface area contributed by atoms with Crippen molar-refractivity contribution in [3.8, 4) is 23.3 Å². The van der Waals surface area contributed by atoms with Gasteiger partial charge in [-0.3, -0.25) is 24.4 Å². The van der Waals surface area contributed by atoms with Gasteiger partial charge in [0.15, 0.2) is 0 Å². The Kier molecular flexibility index (Phi) is 15.2. The van der Waals surface area contributed by atoms with Crippen LogP contribution in [-0.2, 0) is 13.1 Å². The third-order valence-corrected chi connectivity index (χ3v) is 10.8. The zero-order chi connectivity index (χ0) is 44.1. The van der Waals surface area contributed by atoms with Crippen molar-refractivity contribution in [2.45, 2.75) is 39.0 Å². The minimum Gasteiger partial charge on any atom is -0.439 e. The van der Waals surface area contributed by atoms with Gasteiger partial charge in [0.05, 0.1) is 11.8 Å². The van der Waals surface area contributed by atoms with E-state index in [2.05, 4.69) is 73.5 Å². The zero-order valence-electron chi connectivity index (χ0n) is 36.2. The molecule has 0 aliphatic carbocycles. The molecule has 2 aliphatic rings. The van der Waals surface area contributed by atoms with E-state index in [1.165, 1.54) is 29.5 Å². The van der Waals surface area contributed by atoms with Crippen LogP contribution in [0.5, 0.6) is 23.3 Å². The number of carbonyl (C=O) groups is 2. The Hall–Kier alpha value is -6.58. The lowest BCUT2D eigenvalue weighted by atomic mass is 10.1. The molecule has 2 aliphatic heterocycles. The van der Waals surface area contributed by atoms with Crippen LogP contribution >= 0.6 is 0 Å². The summed E-state index contributed by atoms with van der Waals surface area (Å²) in [5.74, 6) is 0.799. The Labute approximate surface area is 368 Å². The molecule has 0 unspecified atom stereocenters. The van der Waals surface area contributed by atoms with Crippen molar-refractivity contribution in [1.82, 2.24) is 35.4 Å². The number of carbonyl (C=O) groups excluding carboxylic acids is 2. The van der Waals surface area contributed by atoms with E-state index in [1.54, 1.807) is 90.9 Å². The maximum atomic E-state index is 13.4. The van der Waals surface area contributed by atoms with Crippen LogP contribution in [0.2, 0.25) is 0 Å². The van der Waals surface area contributed by atoms with Crippen LogP contribution in [-0.4, -0.2) is 102 Å². The van der Waals surface area contributed by atoms with Crippen molar-refractivity contribution in [2.24, 2.45) is 0 Å². The van der Waals surface area contributed by atoms with Crippen molar-refractivity contribution >= 4 is 23.2 Å². The van der Waals surface area contributed by atoms with Crippen LogP contribution in [0.15, 0.2) is 134 Å². The SMILES string of the molecule is C[C@H]1CN(Cc2ccc(N(C)C(=O)c3ccc(Oc4cccnc4)nc3)cc2)CCN1.C[C@H]1CN(Cc2ccc(N(C)C(=O)c3cccc(Oc4cccc(F)c4)n3)cc2)CCN1. The summed E-state index contributed by atoms with van der Waals surface area (Å²) in [6, 6.07) is 35.0. The molecule has 5 heterocycles. The third-order valence-electron chi connectivity index (χ3n) is 10.8. The van der Waals surface area contributed by atoms with Gasteiger partial charge in [-0.25, -0.2) is 14.4 Å². The number of aromatic nitrogens is 3. The van der Waals surface area contributed by atoms with Gasteiger partial charge in [-0.1, -0.05) is 36.4 Å². The first-order valence-corrected chi connectivity index (χ1v) is 21.2. The lowest BCUT2D eigenvalue weighted by Gasteiger charge is -2.31. The van der Waals surface area contributed by atoms with Gasteiger partial charge >= 0.3 is 0 Å². The number of halogens is 1. The molecule has 2 fully saturated rings. The van der Waals surface area contributed by atoms with Crippen molar-refractivity contribution in [1.29, 1.82) is 0 Å². The van der Waals surface area contributed by atoms with E-state index >= 15 is 0 Å². The molecular formula is C49H54FN9O4. The van der Waals surface area contributed by atoms with Gasteiger partial charge in [0, 0.05) is 121 Å². The molecule has 0 bridgehead atoms. The van der Waals surface area contributed by atoms with E-state index in [0.717, 1.165) is 63.7 Å². The molecule has 63 heavy (non-hydrogen) atoms. The molecule has 2 amide bonds. The first kappa shape index (κ1) is 44.5. The number of piperazine rings is 2. The van der Waals surface area contributed by atoms with Crippen LogP contribution in [0.4, 0.5) is 15.8 Å². The molecule has 0 saturated carbocycles. The summed E-state index contributed by atoms with van der Waals surface area (Å²) in [6.45, 7) is 12.4. The molecule has 13 nitrogen and oxygen atoms in total. The van der Waals surface area contributed by atoms with Crippen molar-refractivity contribution in [2.75, 3.05) is 63.2 Å². The smallest absolute Gasteiger partial charge is 0.276 e. The number of benzene rings is 3. The molecule has 2 N–H and O–H groups in total. The molecule has 6 aromatic rings. The second kappa shape index (κ2) is 21.5. The van der Waals surface area contributed by atoms with Gasteiger partial charge in [0.25, 0.3) is 11.8 Å². The molecule has 326 valence electrons. The fourth-order valence-corrected chi connectivity index (χ4v) is 7.42. The van der Waals surface area contributed by atoms with E-state index in [1.807, 2.05) is 24.3 Å². The molecular weight excluding hydrogens is 798 g/mol. The average Bonchev–Trinajstić information content (AvgIpc) is 3.29. The van der Waals surface area contributed by atoms with Crippen LogP contribution in [0, 0.1) is 5.82 Å². The van der Waals surface area contributed by atoms with Crippen LogP contribution in [0.1, 0.15) is 45.8 Å². The molecule has 3 aromatic heterocycles. The van der Waals surface area contributed by atoms with E-state index < -0.39 is 5.82 Å². The van der Waals surface area contributed by atoms with Crippen molar-refractivity contribution in [3.05, 3.63) is 162 Å². The molecule has 2 atom stereocenters.